The maximum absolute atomic E-state index is 12.3. The minimum absolute atomic E-state index is 0.0833. The van der Waals surface area contributed by atoms with E-state index in [-0.39, 0.29) is 6.04 Å². The van der Waals surface area contributed by atoms with E-state index in [2.05, 4.69) is 15.0 Å². The number of nitrogens with one attached hydrogen (secondary N) is 2. The summed E-state index contributed by atoms with van der Waals surface area (Å²) >= 11 is 0. The van der Waals surface area contributed by atoms with Crippen LogP contribution in [-0.4, -0.2) is 26.0 Å². The van der Waals surface area contributed by atoms with E-state index in [1.54, 1.807) is 18.2 Å². The fourth-order valence-electron chi connectivity index (χ4n) is 2.30. The van der Waals surface area contributed by atoms with Gasteiger partial charge < -0.3 is 5.32 Å². The molecule has 2 atom stereocenters. The number of fused-ring (bicyclic) bond motifs is 1. The van der Waals surface area contributed by atoms with Gasteiger partial charge in [0.25, 0.3) is 0 Å². The number of aromatic nitrogens is 1. The first-order chi connectivity index (χ1) is 9.99. The van der Waals surface area contributed by atoms with Crippen molar-refractivity contribution in [1.29, 1.82) is 0 Å². The van der Waals surface area contributed by atoms with Gasteiger partial charge in [0.15, 0.2) is 0 Å². The molecule has 0 radical (unpaired) electrons. The smallest absolute Gasteiger partial charge is 0.240 e. The fourth-order valence-corrected chi connectivity index (χ4v) is 3.70. The first-order valence-corrected chi connectivity index (χ1v) is 8.65. The van der Waals surface area contributed by atoms with Gasteiger partial charge in [-0.15, -0.1) is 0 Å². The minimum atomic E-state index is -3.44. The number of hydrogen-bond acceptors (Lipinski definition) is 4. The van der Waals surface area contributed by atoms with Crippen LogP contribution in [0.25, 0.3) is 10.9 Å². The number of nitrogens with zero attached hydrogens (tertiary/aromatic N) is 1. The van der Waals surface area contributed by atoms with Gasteiger partial charge in [-0.25, -0.2) is 18.1 Å². The third-order valence-corrected chi connectivity index (χ3v) is 5.23. The number of anilines is 1. The van der Waals surface area contributed by atoms with Gasteiger partial charge in [0.1, 0.15) is 5.82 Å². The Labute approximate surface area is 124 Å². The number of benzene rings is 1. The average molecular weight is 305 g/mol. The highest BCUT2D eigenvalue weighted by atomic mass is 32.2. The summed E-state index contributed by atoms with van der Waals surface area (Å²) < 4.78 is 27.3. The zero-order valence-electron chi connectivity index (χ0n) is 12.1. The van der Waals surface area contributed by atoms with Gasteiger partial charge in [0.05, 0.1) is 10.4 Å². The summed E-state index contributed by atoms with van der Waals surface area (Å²) in [5.41, 5.74) is 0.784. The summed E-state index contributed by atoms with van der Waals surface area (Å²) in [7, 11) is -3.44. The van der Waals surface area contributed by atoms with E-state index >= 15 is 0 Å². The molecule has 1 fully saturated rings. The van der Waals surface area contributed by atoms with Crippen LogP contribution in [0.5, 0.6) is 0 Å². The lowest BCUT2D eigenvalue weighted by molar-refractivity contribution is 0.578. The van der Waals surface area contributed by atoms with Crippen molar-refractivity contribution in [3.05, 3.63) is 30.3 Å². The molecule has 1 heterocycles. The summed E-state index contributed by atoms with van der Waals surface area (Å²) in [4.78, 5) is 4.75. The van der Waals surface area contributed by atoms with E-state index < -0.39 is 10.0 Å². The van der Waals surface area contributed by atoms with Gasteiger partial charge in [0.2, 0.25) is 10.0 Å². The zero-order valence-corrected chi connectivity index (χ0v) is 12.9. The van der Waals surface area contributed by atoms with Crippen LogP contribution in [0.15, 0.2) is 35.2 Å². The normalized spacial score (nSPS) is 21.4. The van der Waals surface area contributed by atoms with Gasteiger partial charge >= 0.3 is 0 Å². The van der Waals surface area contributed by atoms with Crippen molar-refractivity contribution < 1.29 is 8.42 Å². The third kappa shape index (κ3) is 3.01. The van der Waals surface area contributed by atoms with Gasteiger partial charge in [-0.05, 0) is 49.6 Å². The molecule has 6 heteroatoms. The topological polar surface area (TPSA) is 71.1 Å². The molecule has 0 bridgehead atoms. The molecule has 1 aliphatic carbocycles. The Morgan fingerprint density at radius 1 is 1.29 bits per heavy atom. The molecule has 1 saturated carbocycles. The Balaban J connectivity index is 1.92. The van der Waals surface area contributed by atoms with Crippen LogP contribution in [0.4, 0.5) is 5.82 Å². The molecule has 2 N–H and O–H groups in total. The van der Waals surface area contributed by atoms with Crippen LogP contribution in [0.1, 0.15) is 20.3 Å². The van der Waals surface area contributed by atoms with Crippen LogP contribution >= 0.6 is 0 Å². The molecule has 0 saturated heterocycles. The standard InChI is InChI=1S/C15H19N3O2S/c1-3-16-15-7-4-11-9-12(5-6-13(11)17-15)21(19,20)18-14-8-10(14)2/h4-7,9-10,14,18H,3,8H2,1-2H3,(H,16,17). The van der Waals surface area contributed by atoms with Gasteiger partial charge in [-0.1, -0.05) is 6.92 Å². The number of hydrogen-bond donors (Lipinski definition) is 2. The van der Waals surface area contributed by atoms with Crippen LogP contribution < -0.4 is 10.0 Å². The maximum atomic E-state index is 12.3. The van der Waals surface area contributed by atoms with Crippen molar-refractivity contribution in [2.75, 3.05) is 11.9 Å². The molecule has 21 heavy (non-hydrogen) atoms. The molecule has 2 aromatic rings. The third-order valence-electron chi connectivity index (χ3n) is 3.74. The Morgan fingerprint density at radius 2 is 2.05 bits per heavy atom. The second-order valence-electron chi connectivity index (χ2n) is 5.52. The molecule has 0 spiro atoms. The Bertz CT molecular complexity index is 774. The lowest BCUT2D eigenvalue weighted by Crippen LogP contribution is -2.26. The number of sulfonamides is 1. The van der Waals surface area contributed by atoms with E-state index in [1.165, 1.54) is 0 Å². The lowest BCUT2D eigenvalue weighted by Gasteiger charge is -2.08. The summed E-state index contributed by atoms with van der Waals surface area (Å²) in [5, 5.41) is 3.96. The molecule has 2 unspecified atom stereocenters. The summed E-state index contributed by atoms with van der Waals surface area (Å²) in [6.45, 7) is 4.85. The van der Waals surface area contributed by atoms with E-state index in [0.29, 0.717) is 10.8 Å². The Kier molecular flexibility index (Phi) is 3.59. The van der Waals surface area contributed by atoms with Gasteiger partial charge in [0, 0.05) is 18.0 Å². The summed E-state index contributed by atoms with van der Waals surface area (Å²) in [6, 6.07) is 8.87. The van der Waals surface area contributed by atoms with Crippen molar-refractivity contribution in [2.45, 2.75) is 31.2 Å². The van der Waals surface area contributed by atoms with Crippen molar-refractivity contribution in [2.24, 2.45) is 5.92 Å². The van der Waals surface area contributed by atoms with Crippen LogP contribution in [-0.2, 0) is 10.0 Å². The first-order valence-electron chi connectivity index (χ1n) is 7.16. The SMILES string of the molecule is CCNc1ccc2cc(S(=O)(=O)NC3CC3C)ccc2n1. The van der Waals surface area contributed by atoms with Gasteiger partial charge in [-0.3, -0.25) is 0 Å². The van der Waals surface area contributed by atoms with E-state index in [1.807, 2.05) is 26.0 Å². The molecule has 0 amide bonds. The van der Waals surface area contributed by atoms with Crippen LogP contribution in [0.3, 0.4) is 0 Å². The largest absolute Gasteiger partial charge is 0.370 e. The molecular formula is C15H19N3O2S. The molecule has 1 aromatic heterocycles. The lowest BCUT2D eigenvalue weighted by atomic mass is 10.2. The zero-order chi connectivity index (χ0) is 15.0. The molecule has 0 aliphatic heterocycles. The molecule has 1 aromatic carbocycles. The predicted octanol–water partition coefficient (Wildman–Crippen LogP) is 2.35. The maximum Gasteiger partial charge on any atom is 0.240 e. The van der Waals surface area contributed by atoms with E-state index in [9.17, 15) is 8.42 Å². The highest BCUT2D eigenvalue weighted by molar-refractivity contribution is 7.89. The second-order valence-corrected chi connectivity index (χ2v) is 7.24. The van der Waals surface area contributed by atoms with Crippen molar-refractivity contribution in [3.63, 3.8) is 0 Å². The molecule has 112 valence electrons. The van der Waals surface area contributed by atoms with Crippen LogP contribution in [0.2, 0.25) is 0 Å². The second kappa shape index (κ2) is 5.27. The van der Waals surface area contributed by atoms with Crippen LogP contribution in [0, 0.1) is 5.92 Å². The molecule has 1 aliphatic rings. The average Bonchev–Trinajstić information content (AvgIpc) is 3.13. The predicted molar refractivity (Wildman–Crippen MR) is 83.8 cm³/mol. The van der Waals surface area contributed by atoms with Gasteiger partial charge in [-0.2, -0.15) is 0 Å². The Morgan fingerprint density at radius 3 is 2.71 bits per heavy atom. The Hall–Kier alpha value is -1.66. The van der Waals surface area contributed by atoms with E-state index in [4.69, 9.17) is 0 Å². The molecule has 3 rings (SSSR count). The number of rotatable bonds is 5. The van der Waals surface area contributed by atoms with E-state index in [0.717, 1.165) is 29.7 Å². The minimum Gasteiger partial charge on any atom is -0.370 e. The highest BCUT2D eigenvalue weighted by Crippen LogP contribution is 2.31. The van der Waals surface area contributed by atoms with Crippen molar-refractivity contribution >= 4 is 26.7 Å². The fraction of sp³-hybridized carbons (Fsp3) is 0.400. The quantitative estimate of drug-likeness (QED) is 0.889. The molecule has 5 nitrogen and oxygen atoms in total. The summed E-state index contributed by atoms with van der Waals surface area (Å²) in [6.07, 6.45) is 0.917. The monoisotopic (exact) mass is 305 g/mol. The van der Waals surface area contributed by atoms with Crippen molar-refractivity contribution in [1.82, 2.24) is 9.71 Å². The molecular weight excluding hydrogens is 286 g/mol. The number of pyridine rings is 1. The first kappa shape index (κ1) is 14.3. The van der Waals surface area contributed by atoms with Crippen molar-refractivity contribution in [3.8, 4) is 0 Å². The summed E-state index contributed by atoms with van der Waals surface area (Å²) in [5.74, 6) is 1.23. The highest BCUT2D eigenvalue weighted by Gasteiger charge is 2.36.